The predicted molar refractivity (Wildman–Crippen MR) is 115 cm³/mol. The Morgan fingerprint density at radius 3 is 2.19 bits per heavy atom. The summed E-state index contributed by atoms with van der Waals surface area (Å²) in [6.07, 6.45) is 0. The molecule has 166 valence electrons. The molecule has 1 aliphatic rings. The van der Waals surface area contributed by atoms with Crippen LogP contribution in [0.5, 0.6) is 0 Å². The molecular weight excluding hydrogens is 441 g/mol. The topological polar surface area (TPSA) is 97.5 Å². The van der Waals surface area contributed by atoms with Gasteiger partial charge in [-0.1, -0.05) is 11.6 Å². The van der Waals surface area contributed by atoms with E-state index in [0.717, 1.165) is 10.6 Å². The Morgan fingerprint density at radius 1 is 0.938 bits per heavy atom. The number of halogens is 2. The first kappa shape index (κ1) is 21.7. The van der Waals surface area contributed by atoms with Crippen molar-refractivity contribution >= 4 is 34.4 Å². The summed E-state index contributed by atoms with van der Waals surface area (Å²) in [6, 6.07) is 6.52. The maximum Gasteiger partial charge on any atom is 0.332 e. The molecule has 0 saturated carbocycles. The van der Waals surface area contributed by atoms with Crippen molar-refractivity contribution in [2.75, 3.05) is 26.2 Å². The van der Waals surface area contributed by atoms with Gasteiger partial charge in [0.25, 0.3) is 17.4 Å². The highest BCUT2D eigenvalue weighted by Crippen LogP contribution is 2.20. The molecule has 3 aromatic rings. The van der Waals surface area contributed by atoms with Crippen molar-refractivity contribution in [3.05, 3.63) is 73.3 Å². The van der Waals surface area contributed by atoms with E-state index in [0.29, 0.717) is 0 Å². The molecule has 3 heterocycles. The van der Waals surface area contributed by atoms with Crippen molar-refractivity contribution in [1.29, 1.82) is 0 Å². The number of piperazine rings is 1. The van der Waals surface area contributed by atoms with Crippen molar-refractivity contribution in [3.63, 3.8) is 0 Å². The smallest absolute Gasteiger partial charge is 0.332 e. The quantitative estimate of drug-likeness (QED) is 0.570. The average molecular weight is 460 g/mol. The number of fused-ring (bicyclic) bond motifs is 1. The Bertz CT molecular complexity index is 1380. The van der Waals surface area contributed by atoms with Gasteiger partial charge in [0.1, 0.15) is 17.2 Å². The lowest BCUT2D eigenvalue weighted by atomic mass is 10.1. The number of hydrogen-bond acceptors (Lipinski definition) is 5. The first-order valence-corrected chi connectivity index (χ1v) is 10.2. The molecule has 1 fully saturated rings. The molecule has 0 spiro atoms. The van der Waals surface area contributed by atoms with Crippen LogP contribution in [-0.2, 0) is 14.1 Å². The molecule has 9 nitrogen and oxygen atoms in total. The number of aryl methyl sites for hydroxylation is 1. The summed E-state index contributed by atoms with van der Waals surface area (Å²) >= 11 is 5.99. The monoisotopic (exact) mass is 459 g/mol. The van der Waals surface area contributed by atoms with E-state index in [9.17, 15) is 23.6 Å². The van der Waals surface area contributed by atoms with Gasteiger partial charge in [-0.3, -0.25) is 23.5 Å². The third kappa shape index (κ3) is 3.66. The summed E-state index contributed by atoms with van der Waals surface area (Å²) in [5, 5.41) is 0.267. The fourth-order valence-corrected chi connectivity index (χ4v) is 3.93. The van der Waals surface area contributed by atoms with Crippen LogP contribution in [0.2, 0.25) is 5.02 Å². The van der Waals surface area contributed by atoms with Crippen LogP contribution in [0.4, 0.5) is 4.39 Å². The number of aromatic nitrogens is 3. The Labute approximate surface area is 186 Å². The molecule has 0 bridgehead atoms. The summed E-state index contributed by atoms with van der Waals surface area (Å²) in [7, 11) is 2.86. The number of nitrogens with zero attached hydrogens (tertiary/aromatic N) is 5. The maximum atomic E-state index is 13.2. The van der Waals surface area contributed by atoms with Gasteiger partial charge in [-0.2, -0.15) is 0 Å². The summed E-state index contributed by atoms with van der Waals surface area (Å²) in [5.41, 5.74) is -0.593. The summed E-state index contributed by atoms with van der Waals surface area (Å²) < 4.78 is 15.4. The minimum atomic E-state index is -0.536. The molecule has 1 saturated heterocycles. The molecule has 11 heteroatoms. The van der Waals surface area contributed by atoms with E-state index in [4.69, 9.17) is 11.6 Å². The van der Waals surface area contributed by atoms with Crippen molar-refractivity contribution in [1.82, 2.24) is 23.9 Å². The number of carbonyl (C=O) groups is 2. The lowest BCUT2D eigenvalue weighted by molar-refractivity contribution is 0.0532. The van der Waals surface area contributed by atoms with E-state index in [1.54, 1.807) is 9.80 Å². The van der Waals surface area contributed by atoms with E-state index < -0.39 is 17.1 Å². The standard InChI is InChI=1S/C21H19ClFN5O4/c1-25-17-14(18(29)26(2)21(25)32)5-6-16(24-17)20(31)28-9-7-27(8-10-28)19(30)13-4-3-12(23)11-15(13)22/h3-6,11H,7-10H2,1-2H3. The fourth-order valence-electron chi connectivity index (χ4n) is 3.68. The Balaban J connectivity index is 1.52. The van der Waals surface area contributed by atoms with Gasteiger partial charge in [0, 0.05) is 40.3 Å². The van der Waals surface area contributed by atoms with Crippen molar-refractivity contribution in [3.8, 4) is 0 Å². The Hall–Kier alpha value is -3.53. The second-order valence-corrected chi connectivity index (χ2v) is 7.89. The van der Waals surface area contributed by atoms with Crippen LogP contribution in [0, 0.1) is 5.82 Å². The summed E-state index contributed by atoms with van der Waals surface area (Å²) in [5.74, 6) is -1.23. The number of pyridine rings is 1. The van der Waals surface area contributed by atoms with E-state index >= 15 is 0 Å². The molecule has 0 aliphatic carbocycles. The molecule has 32 heavy (non-hydrogen) atoms. The van der Waals surface area contributed by atoms with E-state index in [1.807, 2.05) is 0 Å². The normalized spacial score (nSPS) is 14.1. The van der Waals surface area contributed by atoms with Crippen molar-refractivity contribution < 1.29 is 14.0 Å². The van der Waals surface area contributed by atoms with Crippen LogP contribution in [0.25, 0.3) is 11.0 Å². The van der Waals surface area contributed by atoms with Crippen molar-refractivity contribution in [2.24, 2.45) is 14.1 Å². The fraction of sp³-hybridized carbons (Fsp3) is 0.286. The van der Waals surface area contributed by atoms with E-state index in [-0.39, 0.29) is 65.3 Å². The number of amides is 2. The molecule has 2 amide bonds. The number of hydrogen-bond donors (Lipinski definition) is 0. The van der Waals surface area contributed by atoms with E-state index in [1.165, 1.54) is 42.9 Å². The van der Waals surface area contributed by atoms with Gasteiger partial charge in [-0.05, 0) is 30.3 Å². The molecule has 0 unspecified atom stereocenters. The highest BCUT2D eigenvalue weighted by atomic mass is 35.5. The SMILES string of the molecule is Cn1c(=O)c2ccc(C(=O)N3CCN(C(=O)c4ccc(F)cc4Cl)CC3)nc2n(C)c1=O. The van der Waals surface area contributed by atoms with Gasteiger partial charge in [-0.15, -0.1) is 0 Å². The number of carbonyl (C=O) groups excluding carboxylic acids is 2. The molecule has 2 aromatic heterocycles. The highest BCUT2D eigenvalue weighted by Gasteiger charge is 2.27. The molecule has 0 radical (unpaired) electrons. The molecule has 0 atom stereocenters. The highest BCUT2D eigenvalue weighted by molar-refractivity contribution is 6.33. The van der Waals surface area contributed by atoms with Crippen LogP contribution < -0.4 is 11.2 Å². The van der Waals surface area contributed by atoms with Crippen LogP contribution in [0.15, 0.2) is 39.9 Å². The van der Waals surface area contributed by atoms with E-state index in [2.05, 4.69) is 4.98 Å². The van der Waals surface area contributed by atoms with Gasteiger partial charge in [0.2, 0.25) is 0 Å². The lowest BCUT2D eigenvalue weighted by Crippen LogP contribution is -2.50. The molecule has 1 aliphatic heterocycles. The third-order valence-corrected chi connectivity index (χ3v) is 5.85. The second kappa shape index (κ2) is 8.19. The van der Waals surface area contributed by atoms with Gasteiger partial charge >= 0.3 is 5.69 Å². The average Bonchev–Trinajstić information content (AvgIpc) is 2.80. The van der Waals surface area contributed by atoms with Gasteiger partial charge in [0.05, 0.1) is 16.0 Å². The minimum absolute atomic E-state index is 0.0330. The number of benzene rings is 1. The maximum absolute atomic E-state index is 13.2. The second-order valence-electron chi connectivity index (χ2n) is 7.48. The summed E-state index contributed by atoms with van der Waals surface area (Å²) in [6.45, 7) is 1.06. The van der Waals surface area contributed by atoms with Crippen LogP contribution in [0.3, 0.4) is 0 Å². The van der Waals surface area contributed by atoms with Crippen LogP contribution in [0.1, 0.15) is 20.8 Å². The minimum Gasteiger partial charge on any atom is -0.335 e. The largest absolute Gasteiger partial charge is 0.335 e. The van der Waals surface area contributed by atoms with Gasteiger partial charge < -0.3 is 9.80 Å². The molecular formula is C21H19ClFN5O4. The Morgan fingerprint density at radius 2 is 1.56 bits per heavy atom. The van der Waals surface area contributed by atoms with Gasteiger partial charge in [-0.25, -0.2) is 14.2 Å². The zero-order valence-electron chi connectivity index (χ0n) is 17.3. The Kier molecular flexibility index (Phi) is 5.55. The zero-order valence-corrected chi connectivity index (χ0v) is 18.1. The molecule has 0 N–H and O–H groups in total. The lowest BCUT2D eigenvalue weighted by Gasteiger charge is -2.34. The first-order valence-electron chi connectivity index (χ1n) is 9.79. The molecule has 4 rings (SSSR count). The molecule has 1 aromatic carbocycles. The number of rotatable bonds is 2. The predicted octanol–water partition coefficient (Wildman–Crippen LogP) is 1.02. The van der Waals surface area contributed by atoms with Crippen molar-refractivity contribution in [2.45, 2.75) is 0 Å². The zero-order chi connectivity index (χ0) is 23.2. The summed E-state index contributed by atoms with van der Waals surface area (Å²) in [4.78, 5) is 57.5. The van der Waals surface area contributed by atoms with Crippen LogP contribution in [-0.4, -0.2) is 61.9 Å². The van der Waals surface area contributed by atoms with Crippen LogP contribution >= 0.6 is 11.6 Å². The first-order chi connectivity index (χ1) is 15.2. The third-order valence-electron chi connectivity index (χ3n) is 5.54. The van der Waals surface area contributed by atoms with Gasteiger partial charge in [0.15, 0.2) is 0 Å².